The van der Waals surface area contributed by atoms with Gasteiger partial charge in [0.2, 0.25) is 11.9 Å². The van der Waals surface area contributed by atoms with E-state index in [1.165, 1.54) is 38.5 Å². The van der Waals surface area contributed by atoms with Gasteiger partial charge < -0.3 is 15.0 Å². The van der Waals surface area contributed by atoms with Gasteiger partial charge in [0.05, 0.1) is 7.11 Å². The molecule has 2 unspecified atom stereocenters. The van der Waals surface area contributed by atoms with Gasteiger partial charge in [-0.3, -0.25) is 0 Å². The number of methoxy groups -OCH3 is 1. The first-order valence-electron chi connectivity index (χ1n) is 7.56. The smallest absolute Gasteiger partial charge is 0.322 e. The van der Waals surface area contributed by atoms with E-state index in [-0.39, 0.29) is 0 Å². The number of ether oxygens (including phenoxy) is 1. The maximum Gasteiger partial charge on any atom is 0.322 e. The van der Waals surface area contributed by atoms with Gasteiger partial charge in [0.25, 0.3) is 0 Å². The summed E-state index contributed by atoms with van der Waals surface area (Å²) in [5.74, 6) is 2.14. The van der Waals surface area contributed by atoms with Crippen LogP contribution in [0.5, 0.6) is 6.01 Å². The third-order valence-electron chi connectivity index (χ3n) is 4.51. The normalized spacial score (nSPS) is 26.0. The van der Waals surface area contributed by atoms with E-state index < -0.39 is 0 Å². The zero-order valence-electron chi connectivity index (χ0n) is 12.3. The van der Waals surface area contributed by atoms with Crippen molar-refractivity contribution < 1.29 is 4.74 Å². The Bertz CT molecular complexity index is 443. The largest absolute Gasteiger partial charge is 0.467 e. The van der Waals surface area contributed by atoms with Gasteiger partial charge in [-0.1, -0.05) is 12.8 Å². The molecule has 1 saturated heterocycles. The van der Waals surface area contributed by atoms with Crippen LogP contribution in [0.3, 0.4) is 0 Å². The van der Waals surface area contributed by atoms with E-state index in [0.29, 0.717) is 18.0 Å². The van der Waals surface area contributed by atoms with Gasteiger partial charge >= 0.3 is 6.01 Å². The Morgan fingerprint density at radius 2 is 1.90 bits per heavy atom. The van der Waals surface area contributed by atoms with Gasteiger partial charge in [-0.2, -0.15) is 15.0 Å². The number of hydrogen-bond acceptors (Lipinski definition) is 6. The Kier molecular flexibility index (Phi) is 3.89. The van der Waals surface area contributed by atoms with Crippen LogP contribution in [0.15, 0.2) is 0 Å². The lowest BCUT2D eigenvalue weighted by molar-refractivity contribution is 0.241. The molecular weight excluding hydrogens is 254 g/mol. The molecule has 1 N–H and O–H groups in total. The first-order valence-corrected chi connectivity index (χ1v) is 7.56. The molecule has 0 radical (unpaired) electrons. The molecule has 0 spiro atoms. The van der Waals surface area contributed by atoms with Gasteiger partial charge in [-0.05, 0) is 31.6 Å². The molecule has 1 aliphatic carbocycles. The Morgan fingerprint density at radius 3 is 2.70 bits per heavy atom. The van der Waals surface area contributed by atoms with Crippen LogP contribution in [0.2, 0.25) is 0 Å². The lowest BCUT2D eigenvalue weighted by atomic mass is 9.78. The molecule has 2 heterocycles. The van der Waals surface area contributed by atoms with E-state index in [1.54, 1.807) is 7.11 Å². The van der Waals surface area contributed by atoms with Gasteiger partial charge in [0, 0.05) is 19.6 Å². The molecule has 2 atom stereocenters. The summed E-state index contributed by atoms with van der Waals surface area (Å²) in [6, 6.07) is 0.978. The van der Waals surface area contributed by atoms with Gasteiger partial charge in [-0.25, -0.2) is 0 Å². The second-order valence-electron chi connectivity index (χ2n) is 5.64. The zero-order chi connectivity index (χ0) is 13.9. The van der Waals surface area contributed by atoms with Crippen molar-refractivity contribution in [1.29, 1.82) is 0 Å². The Hall–Kier alpha value is -1.59. The molecule has 2 aliphatic rings. The van der Waals surface area contributed by atoms with Crippen molar-refractivity contribution in [2.75, 3.05) is 30.9 Å². The summed E-state index contributed by atoms with van der Waals surface area (Å²) >= 11 is 0. The molecule has 1 aromatic rings. The first kappa shape index (κ1) is 13.4. The fraction of sp³-hybridized carbons (Fsp3) is 0.786. The summed E-state index contributed by atoms with van der Waals surface area (Å²) in [7, 11) is 3.41. The highest BCUT2D eigenvalue weighted by Crippen LogP contribution is 2.37. The third-order valence-corrected chi connectivity index (χ3v) is 4.51. The van der Waals surface area contributed by atoms with Crippen molar-refractivity contribution in [2.24, 2.45) is 5.92 Å². The third kappa shape index (κ3) is 2.51. The second kappa shape index (κ2) is 5.81. The number of piperidine rings is 1. The van der Waals surface area contributed by atoms with Crippen LogP contribution in [0.25, 0.3) is 0 Å². The zero-order valence-corrected chi connectivity index (χ0v) is 12.3. The van der Waals surface area contributed by atoms with Crippen LogP contribution < -0.4 is 15.0 Å². The van der Waals surface area contributed by atoms with Crippen LogP contribution in [-0.4, -0.2) is 41.7 Å². The maximum absolute atomic E-state index is 5.20. The molecule has 20 heavy (non-hydrogen) atoms. The topological polar surface area (TPSA) is 63.2 Å². The summed E-state index contributed by atoms with van der Waals surface area (Å²) in [4.78, 5) is 15.5. The van der Waals surface area contributed by atoms with Gasteiger partial charge in [0.15, 0.2) is 0 Å². The molecule has 1 aliphatic heterocycles. The quantitative estimate of drug-likeness (QED) is 0.912. The average Bonchev–Trinajstić information content (AvgIpc) is 2.53. The molecule has 0 aromatic carbocycles. The molecule has 1 saturated carbocycles. The predicted molar refractivity (Wildman–Crippen MR) is 78.3 cm³/mol. The molecular formula is C14H23N5O. The van der Waals surface area contributed by atoms with Crippen molar-refractivity contribution in [3.8, 4) is 6.01 Å². The molecule has 1 aromatic heterocycles. The number of fused-ring (bicyclic) bond motifs is 1. The van der Waals surface area contributed by atoms with Crippen molar-refractivity contribution >= 4 is 11.9 Å². The van der Waals surface area contributed by atoms with Crippen molar-refractivity contribution in [3.05, 3.63) is 0 Å². The van der Waals surface area contributed by atoms with Crippen LogP contribution in [0.1, 0.15) is 38.5 Å². The van der Waals surface area contributed by atoms with E-state index in [9.17, 15) is 0 Å². The summed E-state index contributed by atoms with van der Waals surface area (Å²) in [5, 5.41) is 2.98. The average molecular weight is 277 g/mol. The van der Waals surface area contributed by atoms with Crippen LogP contribution >= 0.6 is 0 Å². The van der Waals surface area contributed by atoms with E-state index in [1.807, 2.05) is 7.05 Å². The van der Waals surface area contributed by atoms with E-state index in [0.717, 1.165) is 18.4 Å². The SMILES string of the molecule is CNc1nc(OC)nc(N2CCCC3CCCCC32)n1. The van der Waals surface area contributed by atoms with Crippen molar-refractivity contribution in [2.45, 2.75) is 44.6 Å². The summed E-state index contributed by atoms with van der Waals surface area (Å²) in [6.07, 6.45) is 7.87. The minimum Gasteiger partial charge on any atom is -0.467 e. The fourth-order valence-electron chi connectivity index (χ4n) is 3.55. The summed E-state index contributed by atoms with van der Waals surface area (Å²) in [6.45, 7) is 1.04. The lowest BCUT2D eigenvalue weighted by Gasteiger charge is -2.44. The van der Waals surface area contributed by atoms with Crippen molar-refractivity contribution in [1.82, 2.24) is 15.0 Å². The number of hydrogen-bond donors (Lipinski definition) is 1. The van der Waals surface area contributed by atoms with Gasteiger partial charge in [0.1, 0.15) is 0 Å². The molecule has 6 heteroatoms. The number of nitrogens with one attached hydrogen (secondary N) is 1. The highest BCUT2D eigenvalue weighted by Gasteiger charge is 2.34. The number of anilines is 2. The van der Waals surface area contributed by atoms with Crippen molar-refractivity contribution in [3.63, 3.8) is 0 Å². The molecule has 6 nitrogen and oxygen atoms in total. The molecule has 110 valence electrons. The van der Waals surface area contributed by atoms with Crippen LogP contribution in [0.4, 0.5) is 11.9 Å². The van der Waals surface area contributed by atoms with Crippen LogP contribution in [0, 0.1) is 5.92 Å². The minimum atomic E-state index is 0.386. The first-order chi connectivity index (χ1) is 9.81. The molecule has 0 amide bonds. The predicted octanol–water partition coefficient (Wildman–Crippen LogP) is 2.08. The molecule has 3 rings (SSSR count). The number of nitrogens with zero attached hydrogens (tertiary/aromatic N) is 4. The molecule has 0 bridgehead atoms. The Balaban J connectivity index is 1.90. The Morgan fingerprint density at radius 1 is 1.10 bits per heavy atom. The van der Waals surface area contributed by atoms with Crippen LogP contribution in [-0.2, 0) is 0 Å². The standard InChI is InChI=1S/C14H23N5O/c1-15-12-16-13(18-14(17-12)20-2)19-9-5-7-10-6-3-4-8-11(10)19/h10-11H,3-9H2,1-2H3,(H,15,16,17,18). The van der Waals surface area contributed by atoms with E-state index >= 15 is 0 Å². The monoisotopic (exact) mass is 277 g/mol. The number of rotatable bonds is 3. The summed E-state index contributed by atoms with van der Waals surface area (Å²) in [5.41, 5.74) is 0. The fourth-order valence-corrected chi connectivity index (χ4v) is 3.55. The minimum absolute atomic E-state index is 0.386. The highest BCUT2D eigenvalue weighted by atomic mass is 16.5. The highest BCUT2D eigenvalue weighted by molar-refractivity contribution is 5.40. The van der Waals surface area contributed by atoms with Gasteiger partial charge in [-0.15, -0.1) is 0 Å². The lowest BCUT2D eigenvalue weighted by Crippen LogP contribution is -2.47. The number of aromatic nitrogens is 3. The Labute approximate surface area is 120 Å². The summed E-state index contributed by atoms with van der Waals surface area (Å²) < 4.78 is 5.20. The van der Waals surface area contributed by atoms with E-state index in [2.05, 4.69) is 25.2 Å². The maximum atomic E-state index is 5.20. The van der Waals surface area contributed by atoms with E-state index in [4.69, 9.17) is 4.74 Å². The molecule has 2 fully saturated rings. The second-order valence-corrected chi connectivity index (χ2v) is 5.64.